The molecule has 0 aliphatic rings. The third-order valence-electron chi connectivity index (χ3n) is 1.62. The molecule has 0 saturated carbocycles. The Balaban J connectivity index is 0.00000144. The Bertz CT molecular complexity index is 351. The van der Waals surface area contributed by atoms with Crippen LogP contribution in [0, 0.1) is 0 Å². The van der Waals surface area contributed by atoms with Crippen LogP contribution in [0.2, 0.25) is 0 Å². The van der Waals surface area contributed by atoms with E-state index in [0.717, 1.165) is 0 Å². The maximum Gasteiger partial charge on any atom is 0.271 e. The topological polar surface area (TPSA) is 67.3 Å². The number of rotatable bonds is 2. The standard InChI is InChI=1S/C7H9NO3S.Na/c1-6(12(9,10)11)7-2-4-8-5-3-7;/h2-6H,1H3,(H,9,10,11);. The van der Waals surface area contributed by atoms with Crippen molar-refractivity contribution < 1.29 is 13.0 Å². The average molecular weight is 210 g/mol. The Hall–Kier alpha value is 0.0600. The Labute approximate surface area is 99.4 Å². The summed E-state index contributed by atoms with van der Waals surface area (Å²) >= 11 is 0. The number of pyridine rings is 1. The van der Waals surface area contributed by atoms with Gasteiger partial charge >= 0.3 is 0 Å². The monoisotopic (exact) mass is 210 g/mol. The molecule has 0 saturated heterocycles. The van der Waals surface area contributed by atoms with Gasteiger partial charge in [-0.25, -0.2) is 0 Å². The minimum absolute atomic E-state index is 0. The molecule has 1 aromatic heterocycles. The second-order valence-corrected chi connectivity index (χ2v) is 4.17. The molecular weight excluding hydrogens is 201 g/mol. The van der Waals surface area contributed by atoms with Crippen LogP contribution in [0.5, 0.6) is 0 Å². The number of nitrogens with zero attached hydrogens (tertiary/aromatic N) is 1. The van der Waals surface area contributed by atoms with Gasteiger partial charge in [-0.05, 0) is 24.6 Å². The van der Waals surface area contributed by atoms with Crippen LogP contribution in [0.15, 0.2) is 24.5 Å². The van der Waals surface area contributed by atoms with Gasteiger partial charge in [-0.1, -0.05) is 0 Å². The van der Waals surface area contributed by atoms with Crippen molar-refractivity contribution in [3.05, 3.63) is 30.1 Å². The molecule has 67 valence electrons. The molecule has 0 bridgehead atoms. The summed E-state index contributed by atoms with van der Waals surface area (Å²) in [6.45, 7) is 1.42. The van der Waals surface area contributed by atoms with Crippen LogP contribution in [0.4, 0.5) is 0 Å². The molecule has 0 spiro atoms. The van der Waals surface area contributed by atoms with Gasteiger partial charge in [-0.3, -0.25) is 9.54 Å². The van der Waals surface area contributed by atoms with Crippen molar-refractivity contribution >= 4 is 39.7 Å². The summed E-state index contributed by atoms with van der Waals surface area (Å²) in [4.78, 5) is 3.73. The van der Waals surface area contributed by atoms with E-state index in [9.17, 15) is 8.42 Å². The fraction of sp³-hybridized carbons (Fsp3) is 0.286. The van der Waals surface area contributed by atoms with Crippen LogP contribution in [-0.2, 0) is 10.1 Å². The maximum atomic E-state index is 10.7. The van der Waals surface area contributed by atoms with Gasteiger partial charge < -0.3 is 0 Å². The SMILES string of the molecule is CC(c1ccncc1)S(=O)(=O)O.[Na]. The zero-order chi connectivity index (χ0) is 9.19. The molecule has 0 aliphatic heterocycles. The third kappa shape index (κ3) is 3.74. The van der Waals surface area contributed by atoms with Crippen LogP contribution in [0.25, 0.3) is 0 Å². The molecule has 0 fully saturated rings. The molecular formula is C7H9NNaO3S. The Morgan fingerprint density at radius 1 is 1.38 bits per heavy atom. The first-order chi connectivity index (χ1) is 5.52. The van der Waals surface area contributed by atoms with E-state index in [0.29, 0.717) is 5.56 Å². The molecule has 0 amide bonds. The van der Waals surface area contributed by atoms with Crippen molar-refractivity contribution in [1.82, 2.24) is 4.98 Å². The van der Waals surface area contributed by atoms with Crippen LogP contribution < -0.4 is 0 Å². The second kappa shape index (κ2) is 5.07. The molecule has 0 aromatic carbocycles. The van der Waals surface area contributed by atoms with E-state index < -0.39 is 15.4 Å². The van der Waals surface area contributed by atoms with Crippen molar-refractivity contribution in [2.75, 3.05) is 0 Å². The van der Waals surface area contributed by atoms with Crippen LogP contribution in [0.3, 0.4) is 0 Å². The Kier molecular flexibility index (Phi) is 5.09. The fourth-order valence-corrected chi connectivity index (χ4v) is 1.31. The van der Waals surface area contributed by atoms with Gasteiger partial charge in [0.2, 0.25) is 0 Å². The normalized spacial score (nSPS) is 13.1. The molecule has 1 radical (unpaired) electrons. The predicted octanol–water partition coefficient (Wildman–Crippen LogP) is 0.650. The van der Waals surface area contributed by atoms with E-state index in [2.05, 4.69) is 4.98 Å². The Morgan fingerprint density at radius 3 is 2.23 bits per heavy atom. The third-order valence-corrected chi connectivity index (χ3v) is 2.79. The molecule has 0 aliphatic carbocycles. The second-order valence-electron chi connectivity index (χ2n) is 2.44. The van der Waals surface area contributed by atoms with E-state index in [1.54, 1.807) is 12.1 Å². The first-order valence-electron chi connectivity index (χ1n) is 3.38. The summed E-state index contributed by atoms with van der Waals surface area (Å²) in [5, 5.41) is -0.888. The van der Waals surface area contributed by atoms with E-state index in [-0.39, 0.29) is 29.6 Å². The maximum absolute atomic E-state index is 10.7. The molecule has 1 atom stereocenters. The summed E-state index contributed by atoms with van der Waals surface area (Å²) in [6, 6.07) is 3.11. The Morgan fingerprint density at radius 2 is 1.85 bits per heavy atom. The van der Waals surface area contributed by atoms with Crippen LogP contribution in [-0.4, -0.2) is 47.5 Å². The molecule has 1 heterocycles. The van der Waals surface area contributed by atoms with E-state index in [4.69, 9.17) is 4.55 Å². The quantitative estimate of drug-likeness (QED) is 0.575. The van der Waals surface area contributed by atoms with Gasteiger partial charge in [-0.2, -0.15) is 8.42 Å². The van der Waals surface area contributed by atoms with Gasteiger partial charge in [0.25, 0.3) is 10.1 Å². The molecule has 6 heteroatoms. The van der Waals surface area contributed by atoms with E-state index in [1.807, 2.05) is 0 Å². The molecule has 4 nitrogen and oxygen atoms in total. The van der Waals surface area contributed by atoms with Crippen molar-refractivity contribution in [2.45, 2.75) is 12.2 Å². The van der Waals surface area contributed by atoms with Crippen LogP contribution in [0.1, 0.15) is 17.7 Å². The molecule has 13 heavy (non-hydrogen) atoms. The fourth-order valence-electron chi connectivity index (χ4n) is 0.806. The van der Waals surface area contributed by atoms with Crippen molar-refractivity contribution in [2.24, 2.45) is 0 Å². The molecule has 1 N–H and O–H groups in total. The van der Waals surface area contributed by atoms with Crippen LogP contribution >= 0.6 is 0 Å². The van der Waals surface area contributed by atoms with Crippen molar-refractivity contribution in [3.63, 3.8) is 0 Å². The summed E-state index contributed by atoms with van der Waals surface area (Å²) in [5.41, 5.74) is 0.535. The average Bonchev–Trinajstić information content (AvgIpc) is 2.03. The molecule has 1 unspecified atom stereocenters. The van der Waals surface area contributed by atoms with E-state index in [1.165, 1.54) is 19.3 Å². The first-order valence-corrected chi connectivity index (χ1v) is 4.88. The number of hydrogen-bond donors (Lipinski definition) is 1. The number of aromatic nitrogens is 1. The van der Waals surface area contributed by atoms with Gasteiger partial charge in [0, 0.05) is 42.0 Å². The predicted molar refractivity (Wildman–Crippen MR) is 50.0 cm³/mol. The largest absolute Gasteiger partial charge is 0.285 e. The smallest absolute Gasteiger partial charge is 0.271 e. The molecule has 1 aromatic rings. The van der Waals surface area contributed by atoms with E-state index >= 15 is 0 Å². The summed E-state index contributed by atoms with van der Waals surface area (Å²) in [6.07, 6.45) is 2.97. The summed E-state index contributed by atoms with van der Waals surface area (Å²) in [5.74, 6) is 0. The molecule has 1 rings (SSSR count). The number of hydrogen-bond acceptors (Lipinski definition) is 3. The van der Waals surface area contributed by atoms with Gasteiger partial charge in [0.1, 0.15) is 5.25 Å². The zero-order valence-corrected chi connectivity index (χ0v) is 10.3. The van der Waals surface area contributed by atoms with Gasteiger partial charge in [0.15, 0.2) is 0 Å². The zero-order valence-electron chi connectivity index (χ0n) is 7.51. The first kappa shape index (κ1) is 13.1. The van der Waals surface area contributed by atoms with Crippen molar-refractivity contribution in [1.29, 1.82) is 0 Å². The summed E-state index contributed by atoms with van der Waals surface area (Å²) < 4.78 is 30.0. The van der Waals surface area contributed by atoms with Gasteiger partial charge in [-0.15, -0.1) is 0 Å². The minimum atomic E-state index is -3.98. The summed E-state index contributed by atoms with van der Waals surface area (Å²) in [7, 11) is -3.98. The van der Waals surface area contributed by atoms with Gasteiger partial charge in [0.05, 0.1) is 0 Å². The minimum Gasteiger partial charge on any atom is -0.285 e. The van der Waals surface area contributed by atoms with Crippen molar-refractivity contribution in [3.8, 4) is 0 Å².